The van der Waals surface area contributed by atoms with Gasteiger partial charge in [-0.25, -0.2) is 8.42 Å². The third-order valence-corrected chi connectivity index (χ3v) is 5.71. The number of nitrogens with one attached hydrogen (secondary N) is 2. The monoisotopic (exact) mass is 388 g/mol. The lowest BCUT2D eigenvalue weighted by Gasteiger charge is -2.08. The highest BCUT2D eigenvalue weighted by Gasteiger charge is 2.23. The van der Waals surface area contributed by atoms with Crippen LogP contribution < -0.4 is 10.3 Å². The SMILES string of the molecule is Cc1c(C(=O)NNS(=O)(=O)c2cccc3nsnc23)oc2ccccc12. The summed E-state index contributed by atoms with van der Waals surface area (Å²) in [5.41, 5.74) is 4.08. The number of aryl methyl sites for hydroxylation is 1. The number of benzene rings is 2. The molecule has 26 heavy (non-hydrogen) atoms. The van der Waals surface area contributed by atoms with Gasteiger partial charge in [0, 0.05) is 10.9 Å². The Balaban J connectivity index is 1.60. The Hall–Kier alpha value is -2.82. The fourth-order valence-electron chi connectivity index (χ4n) is 2.61. The van der Waals surface area contributed by atoms with Crippen LogP contribution in [0.4, 0.5) is 0 Å². The molecule has 2 N–H and O–H groups in total. The fourth-order valence-corrected chi connectivity index (χ4v) is 4.22. The van der Waals surface area contributed by atoms with Crippen molar-refractivity contribution in [2.75, 3.05) is 0 Å². The molecule has 4 aromatic rings. The molecule has 0 unspecified atom stereocenters. The highest BCUT2D eigenvalue weighted by atomic mass is 32.2. The summed E-state index contributed by atoms with van der Waals surface area (Å²) in [4.78, 5) is 14.4. The van der Waals surface area contributed by atoms with E-state index in [0.29, 0.717) is 16.7 Å². The van der Waals surface area contributed by atoms with E-state index in [0.717, 1.165) is 17.1 Å². The maximum absolute atomic E-state index is 12.5. The molecule has 2 aromatic carbocycles. The summed E-state index contributed by atoms with van der Waals surface area (Å²) in [5.74, 6) is -0.645. The Morgan fingerprint density at radius 2 is 1.92 bits per heavy atom. The molecule has 0 spiro atoms. The molecule has 0 saturated heterocycles. The molecule has 0 saturated carbocycles. The van der Waals surface area contributed by atoms with Gasteiger partial charge in [-0.05, 0) is 25.1 Å². The molecule has 1 amide bonds. The lowest BCUT2D eigenvalue weighted by atomic mass is 10.1. The number of amides is 1. The van der Waals surface area contributed by atoms with Crippen LogP contribution in [0, 0.1) is 6.92 Å². The summed E-state index contributed by atoms with van der Waals surface area (Å²) < 4.78 is 38.6. The summed E-state index contributed by atoms with van der Waals surface area (Å²) in [7, 11) is -4.02. The molecule has 132 valence electrons. The van der Waals surface area contributed by atoms with Crippen molar-refractivity contribution < 1.29 is 17.6 Å². The number of carbonyl (C=O) groups is 1. The first-order valence-corrected chi connectivity index (χ1v) is 9.70. The minimum Gasteiger partial charge on any atom is -0.451 e. The van der Waals surface area contributed by atoms with Crippen molar-refractivity contribution in [2.24, 2.45) is 0 Å². The first-order chi connectivity index (χ1) is 12.5. The van der Waals surface area contributed by atoms with Gasteiger partial charge in [0.15, 0.2) is 5.76 Å². The number of carbonyl (C=O) groups excluding carboxylic acids is 1. The van der Waals surface area contributed by atoms with Gasteiger partial charge in [-0.1, -0.05) is 24.3 Å². The summed E-state index contributed by atoms with van der Waals surface area (Å²) in [6, 6.07) is 11.8. The van der Waals surface area contributed by atoms with Crippen LogP contribution in [0.5, 0.6) is 0 Å². The number of hydrazine groups is 1. The Labute approximate surface area is 152 Å². The van der Waals surface area contributed by atoms with Gasteiger partial charge in [-0.3, -0.25) is 10.2 Å². The van der Waals surface area contributed by atoms with Crippen LogP contribution in [0.25, 0.3) is 22.0 Å². The standard InChI is InChI=1S/C16H12N4O4S2/c1-9-10-5-2-3-7-12(10)24-15(9)16(21)17-20-26(22,23)13-8-4-6-11-14(13)19-25-18-11/h2-8,20H,1H3,(H,17,21). The lowest BCUT2D eigenvalue weighted by molar-refractivity contribution is 0.0918. The summed E-state index contributed by atoms with van der Waals surface area (Å²) in [6.45, 7) is 1.73. The highest BCUT2D eigenvalue weighted by Crippen LogP contribution is 2.25. The zero-order chi connectivity index (χ0) is 18.3. The molecule has 0 aliphatic rings. The first-order valence-electron chi connectivity index (χ1n) is 7.49. The fraction of sp³-hybridized carbons (Fsp3) is 0.0625. The van der Waals surface area contributed by atoms with Gasteiger partial charge < -0.3 is 4.42 Å². The Morgan fingerprint density at radius 1 is 1.12 bits per heavy atom. The van der Waals surface area contributed by atoms with Crippen molar-refractivity contribution >= 4 is 49.7 Å². The van der Waals surface area contributed by atoms with Crippen LogP contribution in [-0.2, 0) is 10.0 Å². The van der Waals surface area contributed by atoms with Crippen LogP contribution in [-0.4, -0.2) is 23.1 Å². The van der Waals surface area contributed by atoms with E-state index >= 15 is 0 Å². The van der Waals surface area contributed by atoms with Crippen LogP contribution in [0.2, 0.25) is 0 Å². The third-order valence-electron chi connectivity index (χ3n) is 3.89. The summed E-state index contributed by atoms with van der Waals surface area (Å²) in [6.07, 6.45) is 0. The van der Waals surface area contributed by atoms with E-state index in [-0.39, 0.29) is 16.2 Å². The van der Waals surface area contributed by atoms with Crippen molar-refractivity contribution in [3.8, 4) is 0 Å². The van der Waals surface area contributed by atoms with Crippen molar-refractivity contribution in [2.45, 2.75) is 11.8 Å². The molecule has 2 heterocycles. The van der Waals surface area contributed by atoms with Crippen molar-refractivity contribution in [1.82, 2.24) is 19.0 Å². The minimum absolute atomic E-state index is 0.0439. The van der Waals surface area contributed by atoms with Crippen LogP contribution in [0.15, 0.2) is 51.8 Å². The molecule has 8 nitrogen and oxygen atoms in total. The topological polar surface area (TPSA) is 114 Å². The molecule has 2 aromatic heterocycles. The van der Waals surface area contributed by atoms with E-state index in [2.05, 4.69) is 19.0 Å². The highest BCUT2D eigenvalue weighted by molar-refractivity contribution is 7.89. The average molecular weight is 388 g/mol. The lowest BCUT2D eigenvalue weighted by Crippen LogP contribution is -2.41. The minimum atomic E-state index is -4.02. The van der Waals surface area contributed by atoms with Gasteiger partial charge in [0.2, 0.25) is 0 Å². The maximum Gasteiger partial charge on any atom is 0.302 e. The van der Waals surface area contributed by atoms with Gasteiger partial charge in [-0.2, -0.15) is 8.75 Å². The average Bonchev–Trinajstić information content (AvgIpc) is 3.24. The first kappa shape index (κ1) is 16.6. The number of furan rings is 1. The second kappa shape index (κ2) is 6.16. The molecule has 0 atom stereocenters. The Kier molecular flexibility index (Phi) is 3.94. The molecular weight excluding hydrogens is 376 g/mol. The molecule has 0 aliphatic heterocycles. The van der Waals surface area contributed by atoms with E-state index in [4.69, 9.17) is 4.42 Å². The van der Waals surface area contributed by atoms with Crippen molar-refractivity contribution in [3.05, 3.63) is 53.8 Å². The number of aromatic nitrogens is 2. The second-order valence-corrected chi connectivity index (χ2v) is 7.68. The summed E-state index contributed by atoms with van der Waals surface area (Å²) >= 11 is 0.914. The number of nitrogens with zero attached hydrogens (tertiary/aromatic N) is 2. The van der Waals surface area contributed by atoms with Crippen molar-refractivity contribution in [3.63, 3.8) is 0 Å². The van der Waals surface area contributed by atoms with E-state index in [1.807, 2.05) is 12.1 Å². The zero-order valence-electron chi connectivity index (χ0n) is 13.4. The molecule has 0 fully saturated rings. The molecular formula is C16H12N4O4S2. The van der Waals surface area contributed by atoms with Gasteiger partial charge in [0.05, 0.1) is 11.7 Å². The van der Waals surface area contributed by atoms with Gasteiger partial charge in [0.1, 0.15) is 21.5 Å². The summed E-state index contributed by atoms with van der Waals surface area (Å²) in [5, 5.41) is 0.791. The molecule has 0 bridgehead atoms. The number of hydrogen-bond acceptors (Lipinski definition) is 7. The molecule has 4 rings (SSSR count). The zero-order valence-corrected chi connectivity index (χ0v) is 15.0. The Bertz CT molecular complexity index is 1240. The van der Waals surface area contributed by atoms with E-state index in [9.17, 15) is 13.2 Å². The predicted molar refractivity (Wildman–Crippen MR) is 96.2 cm³/mol. The van der Waals surface area contributed by atoms with Crippen LogP contribution >= 0.6 is 11.7 Å². The van der Waals surface area contributed by atoms with E-state index in [1.54, 1.807) is 31.2 Å². The van der Waals surface area contributed by atoms with Crippen LogP contribution in [0.1, 0.15) is 16.1 Å². The third kappa shape index (κ3) is 2.73. The molecule has 10 heteroatoms. The molecule has 0 radical (unpaired) electrons. The largest absolute Gasteiger partial charge is 0.451 e. The van der Waals surface area contributed by atoms with Crippen LogP contribution in [0.3, 0.4) is 0 Å². The quantitative estimate of drug-likeness (QED) is 0.519. The van der Waals surface area contributed by atoms with Gasteiger partial charge in [-0.15, -0.1) is 4.83 Å². The maximum atomic E-state index is 12.5. The molecule has 0 aliphatic carbocycles. The predicted octanol–water partition coefficient (Wildman–Crippen LogP) is 2.37. The van der Waals surface area contributed by atoms with Gasteiger partial charge >= 0.3 is 5.91 Å². The number of fused-ring (bicyclic) bond motifs is 2. The van der Waals surface area contributed by atoms with E-state index in [1.165, 1.54) is 6.07 Å². The van der Waals surface area contributed by atoms with Gasteiger partial charge in [0.25, 0.3) is 10.0 Å². The van der Waals surface area contributed by atoms with Crippen molar-refractivity contribution in [1.29, 1.82) is 0 Å². The number of para-hydroxylation sites is 1. The number of hydrogen-bond donors (Lipinski definition) is 2. The second-order valence-electron chi connectivity index (χ2n) is 5.50. The smallest absolute Gasteiger partial charge is 0.302 e. The Morgan fingerprint density at radius 3 is 2.73 bits per heavy atom. The number of rotatable bonds is 4. The normalized spacial score (nSPS) is 11.9. The number of sulfonamides is 1. The van der Waals surface area contributed by atoms with E-state index < -0.39 is 15.9 Å².